The Kier molecular flexibility index (Phi) is 7.10. The van der Waals surface area contributed by atoms with Gasteiger partial charge >= 0.3 is 0 Å². The van der Waals surface area contributed by atoms with E-state index in [2.05, 4.69) is 15.6 Å². The lowest BCUT2D eigenvalue weighted by molar-refractivity contribution is -0.126. The van der Waals surface area contributed by atoms with Gasteiger partial charge in [-0.05, 0) is 29.8 Å². The molecule has 2 amide bonds. The van der Waals surface area contributed by atoms with Gasteiger partial charge in [-0.2, -0.15) is 0 Å². The van der Waals surface area contributed by atoms with E-state index in [9.17, 15) is 14.4 Å². The molecule has 0 atom stereocenters. The largest absolute Gasteiger partial charge is 0.350 e. The van der Waals surface area contributed by atoms with Crippen molar-refractivity contribution in [1.29, 1.82) is 0 Å². The number of nitrogens with one attached hydrogen (secondary N) is 2. The third-order valence-corrected chi connectivity index (χ3v) is 3.66. The highest BCUT2D eigenvalue weighted by molar-refractivity contribution is 6.30. The summed E-state index contributed by atoms with van der Waals surface area (Å²) in [7, 11) is 0. The molecule has 0 spiro atoms. The van der Waals surface area contributed by atoms with Crippen molar-refractivity contribution in [2.45, 2.75) is 19.4 Å². The summed E-state index contributed by atoms with van der Waals surface area (Å²) in [6.45, 7) is 0.221. The lowest BCUT2D eigenvalue weighted by atomic mass is 10.1. The molecule has 0 radical (unpaired) electrons. The number of carbonyl (C=O) groups excluding carboxylic acids is 3. The van der Waals surface area contributed by atoms with Gasteiger partial charge in [-0.3, -0.25) is 19.4 Å². The molecule has 2 N–H and O–H groups in total. The van der Waals surface area contributed by atoms with Crippen LogP contribution in [0.1, 0.15) is 28.8 Å². The first-order chi connectivity index (χ1) is 12.0. The fourth-order valence-electron chi connectivity index (χ4n) is 2.03. The maximum Gasteiger partial charge on any atom is 0.239 e. The number of rotatable bonds is 8. The molecule has 1 heterocycles. The van der Waals surface area contributed by atoms with Gasteiger partial charge in [0.25, 0.3) is 0 Å². The van der Waals surface area contributed by atoms with E-state index in [0.29, 0.717) is 17.1 Å². The van der Waals surface area contributed by atoms with E-state index in [-0.39, 0.29) is 37.0 Å². The number of Topliss-reactive ketones (excluding diaryl/α,β-unsaturated/α-hetero) is 1. The van der Waals surface area contributed by atoms with Crippen molar-refractivity contribution in [1.82, 2.24) is 15.6 Å². The Morgan fingerprint density at radius 3 is 2.40 bits per heavy atom. The van der Waals surface area contributed by atoms with Crippen molar-refractivity contribution in [2.75, 3.05) is 6.54 Å². The molecule has 2 rings (SSSR count). The second kappa shape index (κ2) is 9.54. The predicted octanol–water partition coefficient (Wildman–Crippen LogP) is 2.13. The van der Waals surface area contributed by atoms with Gasteiger partial charge < -0.3 is 10.6 Å². The van der Waals surface area contributed by atoms with Gasteiger partial charge in [-0.1, -0.05) is 23.7 Å². The summed E-state index contributed by atoms with van der Waals surface area (Å²) >= 11 is 5.79. The molecule has 0 aliphatic carbocycles. The van der Waals surface area contributed by atoms with Crippen molar-refractivity contribution in [3.63, 3.8) is 0 Å². The number of ketones is 1. The summed E-state index contributed by atoms with van der Waals surface area (Å²) in [5.41, 5.74) is 1.38. The number of pyridine rings is 1. The van der Waals surface area contributed by atoms with Crippen molar-refractivity contribution >= 4 is 29.2 Å². The smallest absolute Gasteiger partial charge is 0.239 e. The summed E-state index contributed by atoms with van der Waals surface area (Å²) in [6, 6.07) is 10.4. The number of nitrogens with zero attached hydrogens (tertiary/aromatic N) is 1. The number of hydrogen-bond acceptors (Lipinski definition) is 4. The molecule has 6 nitrogen and oxygen atoms in total. The Hall–Kier alpha value is -2.73. The van der Waals surface area contributed by atoms with Crippen LogP contribution in [0.4, 0.5) is 0 Å². The second-order valence-electron chi connectivity index (χ2n) is 5.34. The van der Waals surface area contributed by atoms with Crippen molar-refractivity contribution in [2.24, 2.45) is 0 Å². The minimum absolute atomic E-state index is 0.0260. The van der Waals surface area contributed by atoms with Crippen molar-refractivity contribution in [3.8, 4) is 0 Å². The minimum atomic E-state index is -0.348. The fourth-order valence-corrected chi connectivity index (χ4v) is 2.16. The minimum Gasteiger partial charge on any atom is -0.350 e. The van der Waals surface area contributed by atoms with Crippen molar-refractivity contribution < 1.29 is 14.4 Å². The standard InChI is InChI=1S/C18H18ClN3O3/c19-15-5-3-13(4-6-15)10-21-18(25)12-22-17(24)8-7-16(23)14-2-1-9-20-11-14/h1-6,9,11H,7-8,10,12H2,(H,21,25)(H,22,24). The van der Waals surface area contributed by atoms with Gasteiger partial charge in [-0.25, -0.2) is 0 Å². The first kappa shape index (κ1) is 18.6. The number of amides is 2. The third-order valence-electron chi connectivity index (χ3n) is 3.41. The first-order valence-corrected chi connectivity index (χ1v) is 8.13. The maximum atomic E-state index is 11.9. The number of benzene rings is 1. The molecule has 0 bridgehead atoms. The molecular formula is C18H18ClN3O3. The Morgan fingerprint density at radius 2 is 1.72 bits per heavy atom. The topological polar surface area (TPSA) is 88.2 Å². The van der Waals surface area contributed by atoms with Crippen LogP contribution in [0.2, 0.25) is 5.02 Å². The molecule has 0 saturated carbocycles. The van der Waals surface area contributed by atoms with E-state index >= 15 is 0 Å². The van der Waals surface area contributed by atoms with Gasteiger partial charge in [0.2, 0.25) is 11.8 Å². The van der Waals surface area contributed by atoms with E-state index in [4.69, 9.17) is 11.6 Å². The number of hydrogen-bond donors (Lipinski definition) is 2. The van der Waals surface area contributed by atoms with E-state index in [0.717, 1.165) is 5.56 Å². The third kappa shape index (κ3) is 6.73. The zero-order chi connectivity index (χ0) is 18.1. The van der Waals surface area contributed by atoms with E-state index in [1.807, 2.05) is 12.1 Å². The Labute approximate surface area is 150 Å². The van der Waals surface area contributed by atoms with Gasteiger partial charge in [0.1, 0.15) is 0 Å². The Morgan fingerprint density at radius 1 is 0.960 bits per heavy atom. The van der Waals surface area contributed by atoms with Crippen LogP contribution >= 0.6 is 11.6 Å². The first-order valence-electron chi connectivity index (χ1n) is 7.75. The van der Waals surface area contributed by atoms with Crippen LogP contribution in [0.5, 0.6) is 0 Å². The Bertz CT molecular complexity index is 733. The molecule has 0 saturated heterocycles. The Balaban J connectivity index is 1.64. The van der Waals surface area contributed by atoms with Crippen LogP contribution in [0, 0.1) is 0 Å². The van der Waals surface area contributed by atoms with Gasteiger partial charge in [-0.15, -0.1) is 0 Å². The summed E-state index contributed by atoms with van der Waals surface area (Å²) < 4.78 is 0. The molecule has 0 aliphatic rings. The molecule has 25 heavy (non-hydrogen) atoms. The molecule has 1 aromatic heterocycles. The van der Waals surface area contributed by atoms with Crippen LogP contribution in [-0.4, -0.2) is 29.1 Å². The van der Waals surface area contributed by atoms with Gasteiger partial charge in [0.15, 0.2) is 5.78 Å². The number of carbonyl (C=O) groups is 3. The summed E-state index contributed by atoms with van der Waals surface area (Å²) in [5, 5.41) is 5.82. The molecule has 0 aliphatic heterocycles. The monoisotopic (exact) mass is 359 g/mol. The fraction of sp³-hybridized carbons (Fsp3) is 0.222. The van der Waals surface area contributed by atoms with Crippen LogP contribution < -0.4 is 10.6 Å². The molecule has 0 unspecified atom stereocenters. The average molecular weight is 360 g/mol. The predicted molar refractivity (Wildman–Crippen MR) is 94.1 cm³/mol. The molecule has 0 fully saturated rings. The summed E-state index contributed by atoms with van der Waals surface area (Å²) in [6.07, 6.45) is 3.14. The van der Waals surface area contributed by atoms with Crippen LogP contribution in [0.3, 0.4) is 0 Å². The second-order valence-corrected chi connectivity index (χ2v) is 5.78. The lowest BCUT2D eigenvalue weighted by Crippen LogP contribution is -2.36. The van der Waals surface area contributed by atoms with Gasteiger partial charge in [0.05, 0.1) is 6.54 Å². The van der Waals surface area contributed by atoms with Gasteiger partial charge in [0, 0.05) is 42.4 Å². The average Bonchev–Trinajstić information content (AvgIpc) is 2.64. The molecule has 1 aromatic carbocycles. The molecular weight excluding hydrogens is 342 g/mol. The highest BCUT2D eigenvalue weighted by atomic mass is 35.5. The number of aromatic nitrogens is 1. The number of halogens is 1. The van der Waals surface area contributed by atoms with E-state index in [1.165, 1.54) is 6.20 Å². The van der Waals surface area contributed by atoms with E-state index < -0.39 is 0 Å². The van der Waals surface area contributed by atoms with Crippen molar-refractivity contribution in [3.05, 3.63) is 64.9 Å². The van der Waals surface area contributed by atoms with Crippen LogP contribution in [0.15, 0.2) is 48.8 Å². The zero-order valence-corrected chi connectivity index (χ0v) is 14.3. The van der Waals surface area contributed by atoms with Crippen LogP contribution in [0.25, 0.3) is 0 Å². The highest BCUT2D eigenvalue weighted by Gasteiger charge is 2.10. The SMILES string of the molecule is O=C(CCC(=O)c1cccnc1)NCC(=O)NCc1ccc(Cl)cc1. The maximum absolute atomic E-state index is 11.9. The molecule has 130 valence electrons. The zero-order valence-electron chi connectivity index (χ0n) is 13.5. The normalized spacial score (nSPS) is 10.1. The lowest BCUT2D eigenvalue weighted by Gasteiger charge is -2.07. The quantitative estimate of drug-likeness (QED) is 0.707. The van der Waals surface area contributed by atoms with Crippen LogP contribution in [-0.2, 0) is 16.1 Å². The molecule has 7 heteroatoms. The highest BCUT2D eigenvalue weighted by Crippen LogP contribution is 2.09. The molecule has 2 aromatic rings. The summed E-state index contributed by atoms with van der Waals surface area (Å²) in [4.78, 5) is 39.2. The summed E-state index contributed by atoms with van der Waals surface area (Å²) in [5.74, 6) is -0.809. The van der Waals surface area contributed by atoms with E-state index in [1.54, 1.807) is 30.5 Å².